The van der Waals surface area contributed by atoms with Crippen LogP contribution in [0.3, 0.4) is 0 Å². The van der Waals surface area contributed by atoms with E-state index in [0.717, 1.165) is 16.9 Å². The lowest BCUT2D eigenvalue weighted by molar-refractivity contribution is -0.123. The van der Waals surface area contributed by atoms with Crippen molar-refractivity contribution in [3.8, 4) is 0 Å². The Morgan fingerprint density at radius 2 is 2.00 bits per heavy atom. The second-order valence-electron chi connectivity index (χ2n) is 7.76. The van der Waals surface area contributed by atoms with Gasteiger partial charge in [-0.15, -0.1) is 0 Å². The minimum absolute atomic E-state index is 0.134. The molecule has 5 heteroatoms. The first kappa shape index (κ1) is 18.1. The molecule has 4 nitrogen and oxygen atoms in total. The number of likely N-dealkylation sites (tertiary alicyclic amines) is 1. The molecule has 142 valence electrons. The van der Waals surface area contributed by atoms with Gasteiger partial charge in [-0.25, -0.2) is 4.39 Å². The Kier molecular flexibility index (Phi) is 5.21. The third kappa shape index (κ3) is 4.35. The minimum Gasteiger partial charge on any atom is -0.325 e. The highest BCUT2D eigenvalue weighted by Crippen LogP contribution is 2.40. The van der Waals surface area contributed by atoms with E-state index < -0.39 is 12.2 Å². The Balaban J connectivity index is 1.45. The Morgan fingerprint density at radius 1 is 1.22 bits per heavy atom. The molecule has 1 aliphatic heterocycles. The quantitative estimate of drug-likeness (QED) is 0.861. The summed E-state index contributed by atoms with van der Waals surface area (Å²) in [4.78, 5) is 19.4. The number of rotatable bonds is 5. The molecule has 1 aliphatic carbocycles. The van der Waals surface area contributed by atoms with Crippen molar-refractivity contribution < 1.29 is 9.18 Å². The zero-order chi connectivity index (χ0) is 18.8. The molecule has 27 heavy (non-hydrogen) atoms. The smallest absolute Gasteiger partial charge is 0.241 e. The van der Waals surface area contributed by atoms with Crippen LogP contribution in [0.2, 0.25) is 0 Å². The van der Waals surface area contributed by atoms with E-state index in [0.29, 0.717) is 25.4 Å². The van der Waals surface area contributed by atoms with Crippen LogP contribution in [0.5, 0.6) is 0 Å². The van der Waals surface area contributed by atoms with Crippen LogP contribution < -0.4 is 5.32 Å². The number of amides is 1. The average Bonchev–Trinajstić information content (AvgIpc) is 3.51. The van der Waals surface area contributed by atoms with E-state index in [1.807, 2.05) is 31.2 Å². The average molecular weight is 367 g/mol. The lowest BCUT2D eigenvalue weighted by Crippen LogP contribution is -2.49. The number of nitrogens with one attached hydrogen (secondary N) is 1. The molecule has 2 fully saturated rings. The second-order valence-corrected chi connectivity index (χ2v) is 7.76. The fourth-order valence-corrected chi connectivity index (χ4v) is 3.79. The number of aryl methyl sites for hydroxylation is 1. The molecule has 2 aromatic rings. The number of halogens is 1. The van der Waals surface area contributed by atoms with Gasteiger partial charge in [0, 0.05) is 31.4 Å². The van der Waals surface area contributed by atoms with Gasteiger partial charge in [0.25, 0.3) is 0 Å². The van der Waals surface area contributed by atoms with Gasteiger partial charge in [0.1, 0.15) is 6.17 Å². The molecule has 0 spiro atoms. The Morgan fingerprint density at radius 3 is 2.70 bits per heavy atom. The number of anilines is 1. The van der Waals surface area contributed by atoms with E-state index in [2.05, 4.69) is 27.3 Å². The van der Waals surface area contributed by atoms with Crippen molar-refractivity contribution >= 4 is 11.6 Å². The van der Waals surface area contributed by atoms with Crippen LogP contribution in [0.25, 0.3) is 0 Å². The Bertz CT molecular complexity index is 803. The molecule has 1 aromatic heterocycles. The molecule has 2 aliphatic rings. The number of nitrogens with zero attached hydrogens (tertiary/aromatic N) is 2. The molecular formula is C22H26FN3O. The van der Waals surface area contributed by atoms with Crippen molar-refractivity contribution in [1.82, 2.24) is 9.88 Å². The van der Waals surface area contributed by atoms with Crippen LogP contribution in [0.1, 0.15) is 48.4 Å². The van der Waals surface area contributed by atoms with Crippen molar-refractivity contribution in [3.63, 3.8) is 0 Å². The SMILES string of the molecule is Cc1cccnc1CN1CC[C@@H](F)C[C@@H]1C(=O)Nc1ccc(C2CC2)cc1. The normalized spacial score (nSPS) is 23.2. The number of pyridine rings is 1. The van der Waals surface area contributed by atoms with Gasteiger partial charge in [0.2, 0.25) is 5.91 Å². The fraction of sp³-hybridized carbons (Fsp3) is 0.455. The van der Waals surface area contributed by atoms with Crippen molar-refractivity contribution in [1.29, 1.82) is 0 Å². The van der Waals surface area contributed by atoms with E-state index >= 15 is 0 Å². The first-order chi connectivity index (χ1) is 13.1. The number of alkyl halides is 1. The topological polar surface area (TPSA) is 45.2 Å². The van der Waals surface area contributed by atoms with Crippen LogP contribution in [0.4, 0.5) is 10.1 Å². The molecule has 0 unspecified atom stereocenters. The first-order valence-corrected chi connectivity index (χ1v) is 9.79. The van der Waals surface area contributed by atoms with Gasteiger partial charge in [-0.2, -0.15) is 0 Å². The number of aromatic nitrogens is 1. The summed E-state index contributed by atoms with van der Waals surface area (Å²) in [6.45, 7) is 3.15. The molecule has 1 amide bonds. The zero-order valence-electron chi connectivity index (χ0n) is 15.7. The van der Waals surface area contributed by atoms with E-state index in [1.165, 1.54) is 18.4 Å². The van der Waals surface area contributed by atoms with Gasteiger partial charge in [-0.05, 0) is 61.4 Å². The highest BCUT2D eigenvalue weighted by atomic mass is 19.1. The van der Waals surface area contributed by atoms with Crippen LogP contribution in [0, 0.1) is 6.92 Å². The largest absolute Gasteiger partial charge is 0.325 e. The van der Waals surface area contributed by atoms with Crippen molar-refractivity contribution in [2.24, 2.45) is 0 Å². The first-order valence-electron chi connectivity index (χ1n) is 9.79. The van der Waals surface area contributed by atoms with Crippen molar-refractivity contribution in [2.45, 2.75) is 57.3 Å². The molecular weight excluding hydrogens is 341 g/mol. The van der Waals surface area contributed by atoms with Crippen LogP contribution >= 0.6 is 0 Å². The van der Waals surface area contributed by atoms with Crippen LogP contribution in [0.15, 0.2) is 42.6 Å². The summed E-state index contributed by atoms with van der Waals surface area (Å²) < 4.78 is 14.1. The highest BCUT2D eigenvalue weighted by molar-refractivity contribution is 5.95. The lowest BCUT2D eigenvalue weighted by Gasteiger charge is -2.36. The van der Waals surface area contributed by atoms with Gasteiger partial charge in [0.05, 0.1) is 11.7 Å². The van der Waals surface area contributed by atoms with E-state index in [1.54, 1.807) is 6.20 Å². The molecule has 1 saturated heterocycles. The summed E-state index contributed by atoms with van der Waals surface area (Å²) in [5.41, 5.74) is 4.15. The molecule has 2 heterocycles. The number of hydrogen-bond donors (Lipinski definition) is 1. The third-order valence-electron chi connectivity index (χ3n) is 5.65. The molecule has 0 radical (unpaired) electrons. The van der Waals surface area contributed by atoms with Crippen LogP contribution in [-0.2, 0) is 11.3 Å². The maximum absolute atomic E-state index is 14.1. The molecule has 1 saturated carbocycles. The van der Waals surface area contributed by atoms with E-state index in [9.17, 15) is 9.18 Å². The van der Waals surface area contributed by atoms with Crippen molar-refractivity contribution in [3.05, 3.63) is 59.4 Å². The lowest BCUT2D eigenvalue weighted by atomic mass is 9.98. The number of carbonyl (C=O) groups excluding carboxylic acids is 1. The Hall–Kier alpha value is -2.27. The third-order valence-corrected chi connectivity index (χ3v) is 5.65. The molecule has 1 N–H and O–H groups in total. The van der Waals surface area contributed by atoms with Crippen molar-refractivity contribution in [2.75, 3.05) is 11.9 Å². The van der Waals surface area contributed by atoms with E-state index in [-0.39, 0.29) is 12.3 Å². The van der Waals surface area contributed by atoms with Gasteiger partial charge < -0.3 is 5.32 Å². The van der Waals surface area contributed by atoms with Crippen LogP contribution in [-0.4, -0.2) is 34.5 Å². The Labute approximate surface area is 159 Å². The molecule has 1 aromatic carbocycles. The standard InChI is InChI=1S/C22H26FN3O/c1-15-3-2-11-24-20(15)14-26-12-10-18(23)13-21(26)22(27)25-19-8-6-17(7-9-19)16-4-5-16/h2-3,6-9,11,16,18,21H,4-5,10,12-14H2,1H3,(H,25,27)/t18-,21-/m1/s1. The molecule has 4 rings (SSSR count). The van der Waals surface area contributed by atoms with E-state index in [4.69, 9.17) is 0 Å². The number of piperidine rings is 1. The molecule has 2 atom stereocenters. The van der Waals surface area contributed by atoms with Gasteiger partial charge in [-0.3, -0.25) is 14.7 Å². The maximum atomic E-state index is 14.1. The maximum Gasteiger partial charge on any atom is 0.241 e. The molecule has 0 bridgehead atoms. The number of hydrogen-bond acceptors (Lipinski definition) is 3. The highest BCUT2D eigenvalue weighted by Gasteiger charge is 2.34. The zero-order valence-corrected chi connectivity index (χ0v) is 15.7. The predicted molar refractivity (Wildman–Crippen MR) is 104 cm³/mol. The summed E-state index contributed by atoms with van der Waals surface area (Å²) >= 11 is 0. The summed E-state index contributed by atoms with van der Waals surface area (Å²) in [7, 11) is 0. The van der Waals surface area contributed by atoms with Gasteiger partial charge in [0.15, 0.2) is 0 Å². The minimum atomic E-state index is -0.931. The predicted octanol–water partition coefficient (Wildman–Crippen LogP) is 4.21. The van der Waals surface area contributed by atoms with Gasteiger partial charge >= 0.3 is 0 Å². The summed E-state index contributed by atoms with van der Waals surface area (Å²) in [5, 5.41) is 2.98. The summed E-state index contributed by atoms with van der Waals surface area (Å²) in [6.07, 6.45) is 4.05. The number of carbonyl (C=O) groups is 1. The fourth-order valence-electron chi connectivity index (χ4n) is 3.79. The number of benzene rings is 1. The second kappa shape index (κ2) is 7.77. The summed E-state index contributed by atoms with van der Waals surface area (Å²) in [6, 6.07) is 11.5. The monoisotopic (exact) mass is 367 g/mol. The van der Waals surface area contributed by atoms with Gasteiger partial charge in [-0.1, -0.05) is 18.2 Å². The summed E-state index contributed by atoms with van der Waals surface area (Å²) in [5.74, 6) is 0.558.